The van der Waals surface area contributed by atoms with Crippen LogP contribution in [0.4, 0.5) is 13.2 Å². The van der Waals surface area contributed by atoms with Gasteiger partial charge in [-0.25, -0.2) is 0 Å². The van der Waals surface area contributed by atoms with Gasteiger partial charge >= 0.3 is 6.18 Å². The smallest absolute Gasteiger partial charge is 0.338 e. The first-order valence-corrected chi connectivity index (χ1v) is 4.58. The SMILES string of the molecule is Cc1ccc2c(ccn2CC(F)(F)F)c1. The Balaban J connectivity index is 2.45. The molecule has 1 aromatic heterocycles. The number of aromatic nitrogens is 1. The zero-order valence-corrected chi connectivity index (χ0v) is 8.17. The van der Waals surface area contributed by atoms with Crippen LogP contribution in [0, 0.1) is 6.92 Å². The maximum Gasteiger partial charge on any atom is 0.406 e. The van der Waals surface area contributed by atoms with E-state index in [0.29, 0.717) is 5.52 Å². The molecular weight excluding hydrogens is 203 g/mol. The molecule has 0 saturated carbocycles. The van der Waals surface area contributed by atoms with Crippen LogP contribution >= 0.6 is 0 Å². The Hall–Kier alpha value is -1.45. The van der Waals surface area contributed by atoms with E-state index in [-0.39, 0.29) is 0 Å². The van der Waals surface area contributed by atoms with Crippen LogP contribution in [-0.2, 0) is 6.54 Å². The van der Waals surface area contributed by atoms with Gasteiger partial charge in [-0.15, -0.1) is 0 Å². The minimum absolute atomic E-state index is 0.623. The van der Waals surface area contributed by atoms with Gasteiger partial charge in [-0.1, -0.05) is 11.6 Å². The highest BCUT2D eigenvalue weighted by Crippen LogP contribution is 2.23. The first kappa shape index (κ1) is 10.1. The fourth-order valence-electron chi connectivity index (χ4n) is 1.65. The Kier molecular flexibility index (Phi) is 2.21. The number of halogens is 3. The standard InChI is InChI=1S/C11H10F3N/c1-8-2-3-10-9(6-8)4-5-15(10)7-11(12,13)14/h2-6H,7H2,1H3. The second kappa shape index (κ2) is 3.29. The highest BCUT2D eigenvalue weighted by atomic mass is 19.4. The normalized spacial score (nSPS) is 12.3. The van der Waals surface area contributed by atoms with Crippen LogP contribution in [0.3, 0.4) is 0 Å². The van der Waals surface area contributed by atoms with Crippen LogP contribution < -0.4 is 0 Å². The van der Waals surface area contributed by atoms with Gasteiger partial charge in [0.25, 0.3) is 0 Å². The van der Waals surface area contributed by atoms with Gasteiger partial charge < -0.3 is 4.57 Å². The molecule has 0 amide bonds. The van der Waals surface area contributed by atoms with E-state index in [1.54, 1.807) is 12.1 Å². The van der Waals surface area contributed by atoms with Crippen LogP contribution in [0.25, 0.3) is 10.9 Å². The molecule has 0 spiro atoms. The van der Waals surface area contributed by atoms with Crippen molar-refractivity contribution in [2.45, 2.75) is 19.6 Å². The van der Waals surface area contributed by atoms with E-state index in [2.05, 4.69) is 0 Å². The number of hydrogen-bond acceptors (Lipinski definition) is 0. The van der Waals surface area contributed by atoms with Crippen molar-refractivity contribution < 1.29 is 13.2 Å². The number of aryl methyl sites for hydroxylation is 1. The van der Waals surface area contributed by atoms with Gasteiger partial charge in [-0.3, -0.25) is 0 Å². The van der Waals surface area contributed by atoms with Gasteiger partial charge in [0.15, 0.2) is 0 Å². The minimum atomic E-state index is -4.17. The zero-order chi connectivity index (χ0) is 11.1. The van der Waals surface area contributed by atoms with Crippen LogP contribution in [0.15, 0.2) is 30.5 Å². The number of rotatable bonds is 1. The topological polar surface area (TPSA) is 4.93 Å². The van der Waals surface area contributed by atoms with Gasteiger partial charge in [0.1, 0.15) is 6.54 Å². The fourth-order valence-corrected chi connectivity index (χ4v) is 1.65. The summed E-state index contributed by atoms with van der Waals surface area (Å²) in [7, 11) is 0. The summed E-state index contributed by atoms with van der Waals surface area (Å²) < 4.78 is 37.8. The van der Waals surface area contributed by atoms with Crippen molar-refractivity contribution in [3.63, 3.8) is 0 Å². The third kappa shape index (κ3) is 2.14. The molecule has 0 bridgehead atoms. The molecule has 80 valence electrons. The molecule has 1 heterocycles. The van der Waals surface area contributed by atoms with E-state index in [1.165, 1.54) is 10.8 Å². The summed E-state index contributed by atoms with van der Waals surface area (Å²) in [6.45, 7) is 0.986. The molecule has 0 aliphatic rings. The van der Waals surface area contributed by atoms with Crippen LogP contribution in [0.1, 0.15) is 5.56 Å². The van der Waals surface area contributed by atoms with E-state index in [1.807, 2.05) is 19.1 Å². The molecule has 0 saturated heterocycles. The molecule has 0 radical (unpaired) electrons. The van der Waals surface area contributed by atoms with Gasteiger partial charge in [0, 0.05) is 11.7 Å². The number of hydrogen-bond donors (Lipinski definition) is 0. The van der Waals surface area contributed by atoms with Crippen molar-refractivity contribution in [2.24, 2.45) is 0 Å². The average Bonchev–Trinajstić information content (AvgIpc) is 2.45. The van der Waals surface area contributed by atoms with Crippen LogP contribution in [0.2, 0.25) is 0 Å². The predicted molar refractivity (Wildman–Crippen MR) is 52.7 cm³/mol. The Morgan fingerprint density at radius 2 is 1.93 bits per heavy atom. The molecule has 2 rings (SSSR count). The second-order valence-electron chi connectivity index (χ2n) is 3.62. The maximum atomic E-state index is 12.2. The lowest BCUT2D eigenvalue weighted by atomic mass is 10.2. The lowest BCUT2D eigenvalue weighted by molar-refractivity contribution is -0.139. The number of alkyl halides is 3. The van der Waals surface area contributed by atoms with Gasteiger partial charge in [-0.05, 0) is 30.5 Å². The van der Waals surface area contributed by atoms with Crippen LogP contribution in [0.5, 0.6) is 0 Å². The molecule has 4 heteroatoms. The lowest BCUT2D eigenvalue weighted by Gasteiger charge is -2.08. The van der Waals surface area contributed by atoms with Gasteiger partial charge in [-0.2, -0.15) is 13.2 Å². The van der Waals surface area contributed by atoms with E-state index in [9.17, 15) is 13.2 Å². The molecule has 0 aliphatic carbocycles. The molecular formula is C11H10F3N. The third-order valence-corrected chi connectivity index (χ3v) is 2.28. The van der Waals surface area contributed by atoms with Crippen molar-refractivity contribution in [3.8, 4) is 0 Å². The predicted octanol–water partition coefficient (Wildman–Crippen LogP) is 3.51. The molecule has 0 N–H and O–H groups in total. The van der Waals surface area contributed by atoms with Crippen molar-refractivity contribution >= 4 is 10.9 Å². The molecule has 0 fully saturated rings. The van der Waals surface area contributed by atoms with E-state index in [0.717, 1.165) is 10.9 Å². The Morgan fingerprint density at radius 1 is 1.20 bits per heavy atom. The number of nitrogens with zero attached hydrogens (tertiary/aromatic N) is 1. The summed E-state index contributed by atoms with van der Waals surface area (Å²) in [4.78, 5) is 0. The summed E-state index contributed by atoms with van der Waals surface area (Å²) in [6, 6.07) is 7.11. The summed E-state index contributed by atoms with van der Waals surface area (Å²) >= 11 is 0. The van der Waals surface area contributed by atoms with Crippen molar-refractivity contribution in [1.29, 1.82) is 0 Å². The third-order valence-electron chi connectivity index (χ3n) is 2.28. The maximum absolute atomic E-state index is 12.2. The molecule has 2 aromatic rings. The molecule has 0 aliphatic heterocycles. The van der Waals surface area contributed by atoms with Gasteiger partial charge in [0.2, 0.25) is 0 Å². The van der Waals surface area contributed by atoms with E-state index >= 15 is 0 Å². The van der Waals surface area contributed by atoms with Crippen molar-refractivity contribution in [1.82, 2.24) is 4.57 Å². The molecule has 0 unspecified atom stereocenters. The van der Waals surface area contributed by atoms with Crippen molar-refractivity contribution in [2.75, 3.05) is 0 Å². The van der Waals surface area contributed by atoms with E-state index < -0.39 is 12.7 Å². The first-order valence-electron chi connectivity index (χ1n) is 4.58. The highest BCUT2D eigenvalue weighted by molar-refractivity contribution is 5.80. The molecule has 1 aromatic carbocycles. The highest BCUT2D eigenvalue weighted by Gasteiger charge is 2.28. The van der Waals surface area contributed by atoms with Gasteiger partial charge in [0.05, 0.1) is 0 Å². The van der Waals surface area contributed by atoms with E-state index in [4.69, 9.17) is 0 Å². The number of fused-ring (bicyclic) bond motifs is 1. The fraction of sp³-hybridized carbons (Fsp3) is 0.273. The molecule has 0 atom stereocenters. The number of benzene rings is 1. The molecule has 1 nitrogen and oxygen atoms in total. The summed E-state index contributed by atoms with van der Waals surface area (Å²) in [5.74, 6) is 0. The monoisotopic (exact) mass is 213 g/mol. The minimum Gasteiger partial charge on any atom is -0.338 e. The Morgan fingerprint density at radius 3 is 2.60 bits per heavy atom. The Bertz CT molecular complexity index is 482. The summed E-state index contributed by atoms with van der Waals surface area (Å²) in [5, 5.41) is 0.847. The second-order valence-corrected chi connectivity index (χ2v) is 3.62. The summed E-state index contributed by atoms with van der Waals surface area (Å²) in [5.41, 5.74) is 1.67. The first-order chi connectivity index (χ1) is 6.96. The van der Waals surface area contributed by atoms with Crippen LogP contribution in [-0.4, -0.2) is 10.7 Å². The van der Waals surface area contributed by atoms with Crippen molar-refractivity contribution in [3.05, 3.63) is 36.0 Å². The zero-order valence-electron chi connectivity index (χ0n) is 8.17. The molecule has 15 heavy (non-hydrogen) atoms. The lowest BCUT2D eigenvalue weighted by Crippen LogP contribution is -2.16. The largest absolute Gasteiger partial charge is 0.406 e. The average molecular weight is 213 g/mol. The quantitative estimate of drug-likeness (QED) is 0.683. The summed E-state index contributed by atoms with van der Waals surface area (Å²) in [6.07, 6.45) is -2.70. The Labute approximate surface area is 85.1 Å².